The first-order valence-electron chi connectivity index (χ1n) is 11.1. The molecule has 2 fully saturated rings. The molecule has 3 rings (SSSR count). The van der Waals surface area contributed by atoms with Gasteiger partial charge in [0, 0.05) is 44.5 Å². The van der Waals surface area contributed by atoms with Crippen LogP contribution in [0.25, 0.3) is 0 Å². The number of methoxy groups -OCH3 is 1. The standard InChI is InChI=1S/C23H35N3O3/c1-29-23(28)12-11-22(27)26(16-19-7-5-13-24-15-19)18-20-8-6-14-25(17-20)21-9-3-2-4-10-21/h5,7,13,15,20-21H,2-4,6,8-12,14,16-18H2,1H3/t20-/m0/s1. The third kappa shape index (κ3) is 6.81. The minimum Gasteiger partial charge on any atom is -0.469 e. The highest BCUT2D eigenvalue weighted by Crippen LogP contribution is 2.28. The van der Waals surface area contributed by atoms with Crippen LogP contribution >= 0.6 is 0 Å². The van der Waals surface area contributed by atoms with Gasteiger partial charge in [-0.3, -0.25) is 14.6 Å². The lowest BCUT2D eigenvalue weighted by atomic mass is 9.90. The number of rotatable bonds is 8. The third-order valence-electron chi connectivity index (χ3n) is 6.34. The Morgan fingerprint density at radius 3 is 2.72 bits per heavy atom. The number of pyridine rings is 1. The minimum absolute atomic E-state index is 0.0223. The lowest BCUT2D eigenvalue weighted by Crippen LogP contribution is -2.47. The fourth-order valence-corrected chi connectivity index (χ4v) is 4.77. The molecule has 1 saturated carbocycles. The summed E-state index contributed by atoms with van der Waals surface area (Å²) in [4.78, 5) is 33.2. The Kier molecular flexibility index (Phi) is 8.47. The average Bonchev–Trinajstić information content (AvgIpc) is 2.78. The topological polar surface area (TPSA) is 62.7 Å². The van der Waals surface area contributed by atoms with Gasteiger partial charge >= 0.3 is 5.97 Å². The van der Waals surface area contributed by atoms with Gasteiger partial charge in [0.15, 0.2) is 0 Å². The monoisotopic (exact) mass is 401 g/mol. The van der Waals surface area contributed by atoms with E-state index in [1.807, 2.05) is 23.2 Å². The molecule has 1 aliphatic carbocycles. The van der Waals surface area contributed by atoms with Crippen molar-refractivity contribution < 1.29 is 14.3 Å². The molecule has 0 radical (unpaired) electrons. The van der Waals surface area contributed by atoms with Gasteiger partial charge in [0.05, 0.1) is 13.5 Å². The van der Waals surface area contributed by atoms with Crippen LogP contribution in [-0.4, -0.2) is 59.4 Å². The maximum absolute atomic E-state index is 12.9. The van der Waals surface area contributed by atoms with Crippen LogP contribution < -0.4 is 0 Å². The normalized spacial score (nSPS) is 20.9. The molecular formula is C23H35N3O3. The van der Waals surface area contributed by atoms with Crippen LogP contribution in [0.2, 0.25) is 0 Å². The Morgan fingerprint density at radius 1 is 1.17 bits per heavy atom. The Morgan fingerprint density at radius 2 is 2.00 bits per heavy atom. The van der Waals surface area contributed by atoms with Gasteiger partial charge in [0.2, 0.25) is 5.91 Å². The second kappa shape index (κ2) is 11.3. The van der Waals surface area contributed by atoms with Crippen LogP contribution in [0, 0.1) is 5.92 Å². The highest BCUT2D eigenvalue weighted by molar-refractivity contribution is 5.81. The third-order valence-corrected chi connectivity index (χ3v) is 6.34. The SMILES string of the molecule is COC(=O)CCC(=O)N(Cc1cccnc1)C[C@H]1CCCN(C2CCCCC2)C1. The van der Waals surface area contributed by atoms with Crippen LogP contribution in [0.4, 0.5) is 0 Å². The van der Waals surface area contributed by atoms with E-state index in [4.69, 9.17) is 4.74 Å². The molecule has 6 nitrogen and oxygen atoms in total. The van der Waals surface area contributed by atoms with Crippen molar-refractivity contribution >= 4 is 11.9 Å². The van der Waals surface area contributed by atoms with E-state index in [1.54, 1.807) is 6.20 Å². The summed E-state index contributed by atoms with van der Waals surface area (Å²) >= 11 is 0. The van der Waals surface area contributed by atoms with Gasteiger partial charge in [0.25, 0.3) is 0 Å². The lowest BCUT2D eigenvalue weighted by molar-refractivity contribution is -0.144. The van der Waals surface area contributed by atoms with Gasteiger partial charge in [-0.1, -0.05) is 25.3 Å². The summed E-state index contributed by atoms with van der Waals surface area (Å²) < 4.78 is 4.70. The maximum Gasteiger partial charge on any atom is 0.306 e. The molecule has 6 heteroatoms. The van der Waals surface area contributed by atoms with Crippen LogP contribution in [0.3, 0.4) is 0 Å². The molecule has 160 valence electrons. The van der Waals surface area contributed by atoms with Gasteiger partial charge in [-0.2, -0.15) is 0 Å². The van der Waals surface area contributed by atoms with Crippen LogP contribution in [0.5, 0.6) is 0 Å². The molecule has 1 amide bonds. The van der Waals surface area contributed by atoms with E-state index < -0.39 is 0 Å². The van der Waals surface area contributed by atoms with Crippen molar-refractivity contribution in [1.82, 2.24) is 14.8 Å². The van der Waals surface area contributed by atoms with Gasteiger partial charge in [-0.05, 0) is 49.8 Å². The first kappa shape index (κ1) is 21.8. The first-order chi connectivity index (χ1) is 14.2. The summed E-state index contributed by atoms with van der Waals surface area (Å²) in [6.45, 7) is 3.57. The summed E-state index contributed by atoms with van der Waals surface area (Å²) in [6, 6.07) is 4.63. The van der Waals surface area contributed by atoms with Gasteiger partial charge in [-0.15, -0.1) is 0 Å². The zero-order valence-corrected chi connectivity index (χ0v) is 17.7. The Labute approximate surface area is 174 Å². The zero-order chi connectivity index (χ0) is 20.5. The van der Waals surface area contributed by atoms with Gasteiger partial charge in [0.1, 0.15) is 0 Å². The molecule has 2 aliphatic rings. The van der Waals surface area contributed by atoms with Crippen molar-refractivity contribution in [2.75, 3.05) is 26.7 Å². The number of ether oxygens (including phenoxy) is 1. The summed E-state index contributed by atoms with van der Waals surface area (Å²) in [5.41, 5.74) is 1.03. The number of piperidine rings is 1. The van der Waals surface area contributed by atoms with Crippen LogP contribution in [0.1, 0.15) is 63.4 Å². The number of hydrogen-bond donors (Lipinski definition) is 0. The van der Waals surface area contributed by atoms with Crippen molar-refractivity contribution in [3.8, 4) is 0 Å². The molecule has 0 unspecified atom stereocenters. The highest BCUT2D eigenvalue weighted by atomic mass is 16.5. The van der Waals surface area contributed by atoms with E-state index in [2.05, 4.69) is 9.88 Å². The van der Waals surface area contributed by atoms with E-state index >= 15 is 0 Å². The van der Waals surface area contributed by atoms with Crippen molar-refractivity contribution in [2.24, 2.45) is 5.92 Å². The lowest BCUT2D eigenvalue weighted by Gasteiger charge is -2.41. The maximum atomic E-state index is 12.9. The van der Waals surface area contributed by atoms with Crippen molar-refractivity contribution in [1.29, 1.82) is 0 Å². The van der Waals surface area contributed by atoms with Crippen molar-refractivity contribution in [2.45, 2.75) is 70.4 Å². The number of aromatic nitrogens is 1. The molecule has 0 spiro atoms. The molecule has 0 N–H and O–H groups in total. The van der Waals surface area contributed by atoms with E-state index in [1.165, 1.54) is 52.2 Å². The summed E-state index contributed by atoms with van der Waals surface area (Å²) in [5.74, 6) is 0.180. The fraction of sp³-hybridized carbons (Fsp3) is 0.696. The number of carbonyl (C=O) groups excluding carboxylic acids is 2. The summed E-state index contributed by atoms with van der Waals surface area (Å²) in [7, 11) is 1.36. The first-order valence-corrected chi connectivity index (χ1v) is 11.1. The minimum atomic E-state index is -0.333. The molecule has 2 heterocycles. The number of likely N-dealkylation sites (tertiary alicyclic amines) is 1. The second-order valence-corrected chi connectivity index (χ2v) is 8.51. The van der Waals surface area contributed by atoms with Crippen molar-refractivity contribution in [3.05, 3.63) is 30.1 Å². The summed E-state index contributed by atoms with van der Waals surface area (Å²) in [5, 5.41) is 0. The summed E-state index contributed by atoms with van der Waals surface area (Å²) in [6.07, 6.45) is 13.0. The number of hydrogen-bond acceptors (Lipinski definition) is 5. The zero-order valence-electron chi connectivity index (χ0n) is 17.7. The van der Waals surface area contributed by atoms with Gasteiger partial charge < -0.3 is 14.5 Å². The molecule has 29 heavy (non-hydrogen) atoms. The van der Waals surface area contributed by atoms with Crippen LogP contribution in [-0.2, 0) is 20.9 Å². The number of nitrogens with zero attached hydrogens (tertiary/aromatic N) is 3. The number of carbonyl (C=O) groups is 2. The predicted molar refractivity (Wildman–Crippen MR) is 112 cm³/mol. The largest absolute Gasteiger partial charge is 0.469 e. The second-order valence-electron chi connectivity index (χ2n) is 8.51. The molecule has 1 atom stereocenters. The molecular weight excluding hydrogens is 366 g/mol. The van der Waals surface area contributed by atoms with E-state index in [-0.39, 0.29) is 24.7 Å². The highest BCUT2D eigenvalue weighted by Gasteiger charge is 2.29. The molecule has 0 aromatic carbocycles. The van der Waals surface area contributed by atoms with E-state index in [0.29, 0.717) is 12.5 Å². The fourth-order valence-electron chi connectivity index (χ4n) is 4.77. The predicted octanol–water partition coefficient (Wildman–Crippen LogP) is 3.41. The number of amides is 1. The molecule has 1 aromatic heterocycles. The van der Waals surface area contributed by atoms with Gasteiger partial charge in [-0.25, -0.2) is 0 Å². The van der Waals surface area contributed by atoms with Crippen LogP contribution in [0.15, 0.2) is 24.5 Å². The Hall–Kier alpha value is -1.95. The smallest absolute Gasteiger partial charge is 0.306 e. The molecule has 1 saturated heterocycles. The molecule has 1 aliphatic heterocycles. The van der Waals surface area contributed by atoms with Crippen molar-refractivity contribution in [3.63, 3.8) is 0 Å². The average molecular weight is 402 g/mol. The Bertz CT molecular complexity index is 646. The molecule has 0 bridgehead atoms. The molecule has 1 aromatic rings. The van der Waals surface area contributed by atoms with E-state index in [9.17, 15) is 9.59 Å². The Balaban J connectivity index is 1.61. The quantitative estimate of drug-likeness (QED) is 0.625. The van der Waals surface area contributed by atoms with E-state index in [0.717, 1.165) is 31.1 Å². The number of esters is 1.